The van der Waals surface area contributed by atoms with Crippen LogP contribution in [0.3, 0.4) is 0 Å². The largest absolute Gasteiger partial charge is 0.375 e. The molecule has 3 aliphatic rings. The SMILES string of the molecule is CN=C(NCC(OC)c1cccc(Cl)c1)N1CC2C3CCC(O3)C2C1. The maximum atomic E-state index is 6.11. The van der Waals surface area contributed by atoms with Gasteiger partial charge in [-0.05, 0) is 30.5 Å². The molecule has 1 aromatic carbocycles. The van der Waals surface area contributed by atoms with Gasteiger partial charge < -0.3 is 19.7 Å². The second kappa shape index (κ2) is 7.14. The Morgan fingerprint density at radius 3 is 2.68 bits per heavy atom. The van der Waals surface area contributed by atoms with Gasteiger partial charge in [-0.15, -0.1) is 0 Å². The van der Waals surface area contributed by atoms with Gasteiger partial charge in [0.25, 0.3) is 0 Å². The highest BCUT2D eigenvalue weighted by molar-refractivity contribution is 6.30. The maximum Gasteiger partial charge on any atom is 0.193 e. The van der Waals surface area contributed by atoms with Gasteiger partial charge in [0.2, 0.25) is 0 Å². The Kier molecular flexibility index (Phi) is 4.89. The minimum absolute atomic E-state index is 0.0583. The Morgan fingerprint density at radius 1 is 1.36 bits per heavy atom. The van der Waals surface area contributed by atoms with E-state index >= 15 is 0 Å². The van der Waals surface area contributed by atoms with Crippen LogP contribution in [-0.2, 0) is 9.47 Å². The van der Waals surface area contributed by atoms with Gasteiger partial charge >= 0.3 is 0 Å². The average molecular weight is 364 g/mol. The molecular formula is C19H26ClN3O2. The van der Waals surface area contributed by atoms with Crippen LogP contribution in [0.15, 0.2) is 29.3 Å². The Bertz CT molecular complexity index is 635. The van der Waals surface area contributed by atoms with Crippen molar-refractivity contribution in [3.05, 3.63) is 34.9 Å². The monoisotopic (exact) mass is 363 g/mol. The molecule has 5 atom stereocenters. The summed E-state index contributed by atoms with van der Waals surface area (Å²) in [7, 11) is 3.58. The molecule has 0 aromatic heterocycles. The zero-order valence-electron chi connectivity index (χ0n) is 14.8. The fourth-order valence-corrected chi connectivity index (χ4v) is 4.89. The summed E-state index contributed by atoms with van der Waals surface area (Å²) in [6.07, 6.45) is 3.34. The van der Waals surface area contributed by atoms with Crippen LogP contribution >= 0.6 is 11.6 Å². The molecule has 1 aromatic rings. The number of methoxy groups -OCH3 is 1. The van der Waals surface area contributed by atoms with E-state index in [2.05, 4.69) is 15.2 Å². The number of nitrogens with zero attached hydrogens (tertiary/aromatic N) is 2. The summed E-state index contributed by atoms with van der Waals surface area (Å²) in [6, 6.07) is 7.83. The van der Waals surface area contributed by atoms with Crippen LogP contribution in [0.5, 0.6) is 0 Å². The fourth-order valence-electron chi connectivity index (χ4n) is 4.69. The van der Waals surface area contributed by atoms with E-state index in [0.717, 1.165) is 29.6 Å². The number of aliphatic imine (C=N–C) groups is 1. The number of halogens is 1. The number of nitrogens with one attached hydrogen (secondary N) is 1. The Balaban J connectivity index is 1.38. The van der Waals surface area contributed by atoms with E-state index in [-0.39, 0.29) is 6.10 Å². The second-order valence-corrected chi connectivity index (χ2v) is 7.67. The van der Waals surface area contributed by atoms with E-state index in [1.807, 2.05) is 31.3 Å². The van der Waals surface area contributed by atoms with E-state index < -0.39 is 0 Å². The van der Waals surface area contributed by atoms with Gasteiger partial charge in [0.1, 0.15) is 0 Å². The summed E-state index contributed by atoms with van der Waals surface area (Å²) in [5.74, 6) is 2.30. The minimum atomic E-state index is -0.0583. The number of rotatable bonds is 4. The smallest absolute Gasteiger partial charge is 0.193 e. The number of benzene rings is 1. The molecule has 0 amide bonds. The standard InChI is InChI=1S/C19H26ClN3O2/c1-21-19(22-9-18(24-2)12-4-3-5-13(20)8-12)23-10-14-15(11-23)17-7-6-16(14)25-17/h3-5,8,14-18H,6-7,9-11H2,1-2H3,(H,21,22). The molecule has 3 fully saturated rings. The molecule has 5 unspecified atom stereocenters. The predicted molar refractivity (Wildman–Crippen MR) is 99.0 cm³/mol. The van der Waals surface area contributed by atoms with E-state index in [4.69, 9.17) is 21.1 Å². The summed E-state index contributed by atoms with van der Waals surface area (Å²) < 4.78 is 11.7. The Hall–Kier alpha value is -1.30. The molecule has 25 heavy (non-hydrogen) atoms. The third-order valence-corrected chi connectivity index (χ3v) is 6.15. The lowest BCUT2D eigenvalue weighted by molar-refractivity contribution is 0.0763. The molecule has 136 valence electrons. The van der Waals surface area contributed by atoms with Gasteiger partial charge in [-0.3, -0.25) is 4.99 Å². The van der Waals surface area contributed by atoms with Crippen LogP contribution in [0, 0.1) is 11.8 Å². The number of hydrogen-bond acceptors (Lipinski definition) is 3. The lowest BCUT2D eigenvalue weighted by Gasteiger charge is -2.25. The van der Waals surface area contributed by atoms with E-state index in [0.29, 0.717) is 30.6 Å². The molecule has 0 spiro atoms. The first-order chi connectivity index (χ1) is 12.2. The third kappa shape index (κ3) is 3.25. The minimum Gasteiger partial charge on any atom is -0.375 e. The number of hydrogen-bond donors (Lipinski definition) is 1. The van der Waals surface area contributed by atoms with Crippen molar-refractivity contribution in [1.82, 2.24) is 10.2 Å². The molecule has 0 radical (unpaired) electrons. The van der Waals surface area contributed by atoms with Crippen molar-refractivity contribution in [1.29, 1.82) is 0 Å². The summed E-state index contributed by atoms with van der Waals surface area (Å²) in [4.78, 5) is 6.88. The zero-order valence-corrected chi connectivity index (χ0v) is 15.6. The highest BCUT2D eigenvalue weighted by atomic mass is 35.5. The molecule has 5 nitrogen and oxygen atoms in total. The number of ether oxygens (including phenoxy) is 2. The lowest BCUT2D eigenvalue weighted by Crippen LogP contribution is -2.43. The zero-order chi connectivity index (χ0) is 17.4. The van der Waals surface area contributed by atoms with Crippen molar-refractivity contribution in [2.75, 3.05) is 33.8 Å². The third-order valence-electron chi connectivity index (χ3n) is 5.91. The van der Waals surface area contributed by atoms with Gasteiger partial charge in [0.15, 0.2) is 5.96 Å². The summed E-state index contributed by atoms with van der Waals surface area (Å²) in [5, 5.41) is 4.22. The van der Waals surface area contributed by atoms with Gasteiger partial charge in [0, 0.05) is 50.7 Å². The molecule has 3 saturated heterocycles. The molecule has 1 N–H and O–H groups in total. The van der Waals surface area contributed by atoms with Crippen LogP contribution < -0.4 is 5.32 Å². The average Bonchev–Trinajstić information content (AvgIpc) is 3.31. The van der Waals surface area contributed by atoms with E-state index in [1.54, 1.807) is 7.11 Å². The Morgan fingerprint density at radius 2 is 2.08 bits per heavy atom. The summed E-state index contributed by atoms with van der Waals surface area (Å²) >= 11 is 6.11. The van der Waals surface area contributed by atoms with Crippen molar-refractivity contribution >= 4 is 17.6 Å². The summed E-state index contributed by atoms with van der Waals surface area (Å²) in [5.41, 5.74) is 1.07. The van der Waals surface area contributed by atoms with Crippen molar-refractivity contribution in [3.63, 3.8) is 0 Å². The van der Waals surface area contributed by atoms with Crippen LogP contribution in [0.4, 0.5) is 0 Å². The first-order valence-corrected chi connectivity index (χ1v) is 9.46. The summed E-state index contributed by atoms with van der Waals surface area (Å²) in [6.45, 7) is 2.75. The first-order valence-electron chi connectivity index (χ1n) is 9.09. The highest BCUT2D eigenvalue weighted by Gasteiger charge is 2.53. The number of likely N-dealkylation sites (tertiary alicyclic amines) is 1. The maximum absolute atomic E-state index is 6.11. The van der Waals surface area contributed by atoms with Crippen LogP contribution in [0.25, 0.3) is 0 Å². The topological polar surface area (TPSA) is 46.1 Å². The molecule has 4 rings (SSSR count). The normalized spacial score (nSPS) is 32.1. The lowest BCUT2D eigenvalue weighted by atomic mass is 9.82. The predicted octanol–water partition coefficient (Wildman–Crippen LogP) is 2.71. The van der Waals surface area contributed by atoms with Gasteiger partial charge in [-0.1, -0.05) is 23.7 Å². The van der Waals surface area contributed by atoms with Crippen LogP contribution in [-0.4, -0.2) is 56.9 Å². The quantitative estimate of drug-likeness (QED) is 0.660. The van der Waals surface area contributed by atoms with E-state index in [1.165, 1.54) is 12.8 Å². The van der Waals surface area contributed by atoms with Gasteiger partial charge in [-0.2, -0.15) is 0 Å². The van der Waals surface area contributed by atoms with Gasteiger partial charge in [0.05, 0.1) is 18.3 Å². The van der Waals surface area contributed by atoms with Gasteiger partial charge in [-0.25, -0.2) is 0 Å². The fraction of sp³-hybridized carbons (Fsp3) is 0.632. The molecule has 0 saturated carbocycles. The van der Waals surface area contributed by atoms with Crippen molar-refractivity contribution in [3.8, 4) is 0 Å². The van der Waals surface area contributed by atoms with Crippen molar-refractivity contribution < 1.29 is 9.47 Å². The van der Waals surface area contributed by atoms with Crippen LogP contribution in [0.2, 0.25) is 5.02 Å². The molecule has 0 aliphatic carbocycles. The second-order valence-electron chi connectivity index (χ2n) is 7.23. The number of fused-ring (bicyclic) bond motifs is 5. The van der Waals surface area contributed by atoms with Crippen LogP contribution in [0.1, 0.15) is 24.5 Å². The van der Waals surface area contributed by atoms with E-state index in [9.17, 15) is 0 Å². The first kappa shape index (κ1) is 17.1. The van der Waals surface area contributed by atoms with Crippen molar-refractivity contribution in [2.45, 2.75) is 31.2 Å². The molecule has 2 bridgehead atoms. The molecular weight excluding hydrogens is 338 g/mol. The molecule has 3 heterocycles. The Labute approximate surface area is 154 Å². The highest BCUT2D eigenvalue weighted by Crippen LogP contribution is 2.47. The van der Waals surface area contributed by atoms with Crippen molar-refractivity contribution in [2.24, 2.45) is 16.8 Å². The molecule has 6 heteroatoms. The number of guanidine groups is 1. The molecule has 3 aliphatic heterocycles.